The van der Waals surface area contributed by atoms with Gasteiger partial charge in [-0.25, -0.2) is 4.39 Å². The fraction of sp³-hybridized carbons (Fsp3) is 0.333. The molecule has 0 spiro atoms. The maximum atomic E-state index is 13.1. The first-order chi connectivity index (χ1) is 9.20. The van der Waals surface area contributed by atoms with Crippen LogP contribution in [0.15, 0.2) is 27.1 Å². The minimum absolute atomic E-state index is 0.297. The average molecular weight is 327 g/mol. The van der Waals surface area contributed by atoms with Gasteiger partial charge in [0.05, 0.1) is 11.0 Å². The van der Waals surface area contributed by atoms with Crippen LogP contribution in [-0.4, -0.2) is 16.2 Å². The van der Waals surface area contributed by atoms with Crippen LogP contribution >= 0.6 is 15.9 Å². The molecule has 3 rings (SSSR count). The van der Waals surface area contributed by atoms with Gasteiger partial charge in [0.15, 0.2) is 0 Å². The van der Waals surface area contributed by atoms with Gasteiger partial charge in [-0.2, -0.15) is 0 Å². The molecular formula is C12H12BrFN4O. The fourth-order valence-corrected chi connectivity index (χ4v) is 1.97. The molecule has 0 saturated heterocycles. The normalized spacial score (nSPS) is 14.6. The minimum atomic E-state index is -0.314. The van der Waals surface area contributed by atoms with Gasteiger partial charge >= 0.3 is 6.01 Å². The zero-order valence-electron chi connectivity index (χ0n) is 9.99. The van der Waals surface area contributed by atoms with Crippen molar-refractivity contribution in [1.82, 2.24) is 15.5 Å². The van der Waals surface area contributed by atoms with E-state index in [1.807, 2.05) is 0 Å². The van der Waals surface area contributed by atoms with E-state index in [1.165, 1.54) is 18.9 Å². The maximum Gasteiger partial charge on any atom is 0.320 e. The van der Waals surface area contributed by atoms with Crippen LogP contribution in [0.4, 0.5) is 16.1 Å². The van der Waals surface area contributed by atoms with E-state index in [4.69, 9.17) is 4.42 Å². The Kier molecular flexibility index (Phi) is 3.48. The molecular weight excluding hydrogens is 315 g/mol. The lowest BCUT2D eigenvalue weighted by Crippen LogP contribution is -2.15. The van der Waals surface area contributed by atoms with Crippen molar-refractivity contribution in [3.63, 3.8) is 0 Å². The maximum absolute atomic E-state index is 13.1. The van der Waals surface area contributed by atoms with Gasteiger partial charge in [-0.15, -0.1) is 5.10 Å². The number of nitrogens with zero attached hydrogens (tertiary/aromatic N) is 2. The first-order valence-electron chi connectivity index (χ1n) is 5.98. The van der Waals surface area contributed by atoms with Crippen LogP contribution in [0.2, 0.25) is 0 Å². The Hall–Kier alpha value is -1.47. The SMILES string of the molecule is Fc1ccc(Nc2nnc(CNC3CC3)o2)cc1Br. The van der Waals surface area contributed by atoms with Crippen LogP contribution in [0.1, 0.15) is 18.7 Å². The highest BCUT2D eigenvalue weighted by atomic mass is 79.9. The molecule has 1 aromatic heterocycles. The van der Waals surface area contributed by atoms with Crippen molar-refractivity contribution in [2.45, 2.75) is 25.4 Å². The van der Waals surface area contributed by atoms with Gasteiger partial charge in [-0.1, -0.05) is 5.10 Å². The Morgan fingerprint density at radius 1 is 1.37 bits per heavy atom. The number of rotatable bonds is 5. The predicted octanol–water partition coefficient (Wildman–Crippen LogP) is 2.97. The van der Waals surface area contributed by atoms with E-state index >= 15 is 0 Å². The van der Waals surface area contributed by atoms with Crippen molar-refractivity contribution in [2.24, 2.45) is 0 Å². The molecule has 0 amide bonds. The van der Waals surface area contributed by atoms with E-state index in [9.17, 15) is 4.39 Å². The monoisotopic (exact) mass is 326 g/mol. The van der Waals surface area contributed by atoms with Gasteiger partial charge < -0.3 is 15.1 Å². The molecule has 1 saturated carbocycles. The Bertz CT molecular complexity index is 585. The lowest BCUT2D eigenvalue weighted by molar-refractivity contribution is 0.478. The zero-order valence-corrected chi connectivity index (χ0v) is 11.6. The molecule has 5 nitrogen and oxygen atoms in total. The van der Waals surface area contributed by atoms with E-state index in [0.717, 1.165) is 0 Å². The number of aromatic nitrogens is 2. The third kappa shape index (κ3) is 3.30. The molecule has 1 heterocycles. The summed E-state index contributed by atoms with van der Waals surface area (Å²) in [5.41, 5.74) is 0.679. The molecule has 0 atom stereocenters. The predicted molar refractivity (Wildman–Crippen MR) is 71.5 cm³/mol. The van der Waals surface area contributed by atoms with E-state index in [2.05, 4.69) is 36.8 Å². The standard InChI is InChI=1S/C12H12BrFN4O/c13-9-5-8(3-4-10(9)14)16-12-18-17-11(19-12)6-15-7-1-2-7/h3-5,7,15H,1-2,6H2,(H,16,18). The molecule has 2 aromatic rings. The fourth-order valence-electron chi connectivity index (χ4n) is 1.59. The first kappa shape index (κ1) is 12.6. The van der Waals surface area contributed by atoms with E-state index in [1.54, 1.807) is 12.1 Å². The summed E-state index contributed by atoms with van der Waals surface area (Å²) in [5.74, 6) is 0.223. The van der Waals surface area contributed by atoms with Gasteiger partial charge in [-0.3, -0.25) is 0 Å². The lowest BCUT2D eigenvalue weighted by atomic mass is 10.3. The number of halogens is 2. The number of benzene rings is 1. The second-order valence-electron chi connectivity index (χ2n) is 4.41. The zero-order chi connectivity index (χ0) is 13.2. The molecule has 19 heavy (non-hydrogen) atoms. The van der Waals surface area contributed by atoms with Crippen LogP contribution in [0.5, 0.6) is 0 Å². The van der Waals surface area contributed by atoms with E-state index in [-0.39, 0.29) is 5.82 Å². The summed E-state index contributed by atoms with van der Waals surface area (Å²) < 4.78 is 18.9. The molecule has 0 unspecified atom stereocenters. The van der Waals surface area contributed by atoms with E-state index < -0.39 is 0 Å². The first-order valence-corrected chi connectivity index (χ1v) is 6.78. The van der Waals surface area contributed by atoms with Crippen LogP contribution in [0.25, 0.3) is 0 Å². The second kappa shape index (κ2) is 5.26. The third-order valence-corrected chi connectivity index (χ3v) is 3.36. The smallest absolute Gasteiger partial charge is 0.320 e. The Labute approximate surface area is 117 Å². The molecule has 1 aliphatic carbocycles. The average Bonchev–Trinajstić information content (AvgIpc) is 3.12. The highest BCUT2D eigenvalue weighted by molar-refractivity contribution is 9.10. The van der Waals surface area contributed by atoms with Crippen molar-refractivity contribution < 1.29 is 8.81 Å². The summed E-state index contributed by atoms with van der Waals surface area (Å²) in [5, 5.41) is 14.0. The number of hydrogen-bond acceptors (Lipinski definition) is 5. The third-order valence-electron chi connectivity index (χ3n) is 2.76. The highest BCUT2D eigenvalue weighted by Crippen LogP contribution is 2.23. The second-order valence-corrected chi connectivity index (χ2v) is 5.26. The largest absolute Gasteiger partial charge is 0.406 e. The molecule has 100 valence electrons. The number of nitrogens with one attached hydrogen (secondary N) is 2. The van der Waals surface area contributed by atoms with Gasteiger partial charge in [0.1, 0.15) is 5.82 Å². The van der Waals surface area contributed by atoms with Crippen molar-refractivity contribution in [2.75, 3.05) is 5.32 Å². The number of hydrogen-bond donors (Lipinski definition) is 2. The summed E-state index contributed by atoms with van der Waals surface area (Å²) in [6.07, 6.45) is 2.42. The van der Waals surface area contributed by atoms with Crippen molar-refractivity contribution >= 4 is 27.6 Å². The molecule has 0 bridgehead atoms. The number of anilines is 2. The summed E-state index contributed by atoms with van der Waals surface area (Å²) in [4.78, 5) is 0. The molecule has 1 aliphatic rings. The molecule has 1 aromatic carbocycles. The topological polar surface area (TPSA) is 63.0 Å². The Morgan fingerprint density at radius 3 is 2.95 bits per heavy atom. The van der Waals surface area contributed by atoms with Gasteiger partial charge in [-0.05, 0) is 47.0 Å². The summed E-state index contributed by atoms with van der Waals surface area (Å²) >= 11 is 3.12. The molecule has 1 fully saturated rings. The lowest BCUT2D eigenvalue weighted by Gasteiger charge is -2.02. The van der Waals surface area contributed by atoms with Gasteiger partial charge in [0.2, 0.25) is 5.89 Å². The quantitative estimate of drug-likeness (QED) is 0.884. The Morgan fingerprint density at radius 2 is 2.21 bits per heavy atom. The summed E-state index contributed by atoms with van der Waals surface area (Å²) in [6.45, 7) is 0.576. The summed E-state index contributed by atoms with van der Waals surface area (Å²) in [6, 6.07) is 5.47. The van der Waals surface area contributed by atoms with Crippen molar-refractivity contribution in [1.29, 1.82) is 0 Å². The van der Waals surface area contributed by atoms with Crippen LogP contribution in [0.3, 0.4) is 0 Å². The molecule has 7 heteroatoms. The molecule has 0 radical (unpaired) electrons. The van der Waals surface area contributed by atoms with Gasteiger partial charge in [0.25, 0.3) is 0 Å². The van der Waals surface area contributed by atoms with Crippen LogP contribution < -0.4 is 10.6 Å². The van der Waals surface area contributed by atoms with Crippen molar-refractivity contribution in [3.05, 3.63) is 34.4 Å². The molecule has 0 aliphatic heterocycles. The van der Waals surface area contributed by atoms with E-state index in [0.29, 0.717) is 34.7 Å². The Balaban J connectivity index is 1.63. The summed E-state index contributed by atoms with van der Waals surface area (Å²) in [7, 11) is 0. The minimum Gasteiger partial charge on any atom is -0.406 e. The molecule has 2 N–H and O–H groups in total. The van der Waals surface area contributed by atoms with Crippen LogP contribution in [0, 0.1) is 5.82 Å². The highest BCUT2D eigenvalue weighted by Gasteiger charge is 2.21. The van der Waals surface area contributed by atoms with Crippen molar-refractivity contribution in [3.8, 4) is 0 Å². The van der Waals surface area contributed by atoms with Crippen LogP contribution in [-0.2, 0) is 6.54 Å². The van der Waals surface area contributed by atoms with Gasteiger partial charge in [0, 0.05) is 11.7 Å².